The van der Waals surface area contributed by atoms with Gasteiger partial charge in [-0.3, -0.25) is 0 Å². The van der Waals surface area contributed by atoms with E-state index in [9.17, 15) is 4.39 Å². The fraction of sp³-hybridized carbons (Fsp3) is 0.188. The maximum absolute atomic E-state index is 12.8. The summed E-state index contributed by atoms with van der Waals surface area (Å²) in [6, 6.07) is 15.3. The largest absolute Gasteiger partial charge is 0.493 e. The van der Waals surface area contributed by atoms with Gasteiger partial charge in [0.25, 0.3) is 0 Å². The Morgan fingerprint density at radius 1 is 1.20 bits per heavy atom. The molecule has 0 aromatic heterocycles. The van der Waals surface area contributed by atoms with Gasteiger partial charge in [0.1, 0.15) is 11.6 Å². The van der Waals surface area contributed by atoms with E-state index in [0.29, 0.717) is 23.8 Å². The van der Waals surface area contributed by atoms with Gasteiger partial charge < -0.3 is 4.74 Å². The van der Waals surface area contributed by atoms with Gasteiger partial charge in [0.15, 0.2) is 0 Å². The Labute approximate surface area is 122 Å². The van der Waals surface area contributed by atoms with Crippen molar-refractivity contribution >= 4 is 11.6 Å². The number of halogens is 2. The smallest absolute Gasteiger partial charge is 0.123 e. The highest BCUT2D eigenvalue weighted by molar-refractivity contribution is 6.30. The summed E-state index contributed by atoms with van der Waals surface area (Å²) in [5, 5.41) is 9.78. The standard InChI is InChI=1S/C16H13ClFNO/c17-14-2-1-3-16(10-14)20-9-8-13(11-19)12-4-6-15(18)7-5-12/h1-7,10,13H,8-9H2. The summed E-state index contributed by atoms with van der Waals surface area (Å²) in [4.78, 5) is 0. The Hall–Kier alpha value is -2.05. The molecule has 1 atom stereocenters. The van der Waals surface area contributed by atoms with Crippen LogP contribution in [0.3, 0.4) is 0 Å². The molecule has 0 aliphatic carbocycles. The number of hydrogen-bond donors (Lipinski definition) is 0. The van der Waals surface area contributed by atoms with Crippen LogP contribution >= 0.6 is 11.6 Å². The van der Waals surface area contributed by atoms with Crippen LogP contribution < -0.4 is 4.74 Å². The first-order chi connectivity index (χ1) is 9.69. The van der Waals surface area contributed by atoms with E-state index in [0.717, 1.165) is 5.56 Å². The summed E-state index contributed by atoms with van der Waals surface area (Å²) in [5.74, 6) is 0.0590. The van der Waals surface area contributed by atoms with E-state index in [2.05, 4.69) is 6.07 Å². The fourth-order valence-electron chi connectivity index (χ4n) is 1.85. The quantitative estimate of drug-likeness (QED) is 0.808. The Morgan fingerprint density at radius 2 is 1.95 bits per heavy atom. The van der Waals surface area contributed by atoms with Crippen LogP contribution in [-0.4, -0.2) is 6.61 Å². The zero-order valence-electron chi connectivity index (χ0n) is 10.7. The highest BCUT2D eigenvalue weighted by atomic mass is 35.5. The van der Waals surface area contributed by atoms with Crippen molar-refractivity contribution in [3.05, 3.63) is 64.9 Å². The van der Waals surface area contributed by atoms with Gasteiger partial charge in [0.05, 0.1) is 18.6 Å². The molecule has 0 aliphatic rings. The van der Waals surface area contributed by atoms with Crippen molar-refractivity contribution < 1.29 is 9.13 Å². The summed E-state index contributed by atoms with van der Waals surface area (Å²) in [5.41, 5.74) is 0.795. The average molecular weight is 290 g/mol. The summed E-state index contributed by atoms with van der Waals surface area (Å²) >= 11 is 5.86. The summed E-state index contributed by atoms with van der Waals surface area (Å²) in [6.45, 7) is 0.399. The second-order valence-electron chi connectivity index (χ2n) is 4.33. The van der Waals surface area contributed by atoms with E-state index >= 15 is 0 Å². The zero-order valence-corrected chi connectivity index (χ0v) is 11.5. The predicted octanol–water partition coefficient (Wildman–Crippen LogP) is 4.56. The lowest BCUT2D eigenvalue weighted by atomic mass is 9.98. The van der Waals surface area contributed by atoms with Crippen LogP contribution in [0.4, 0.5) is 4.39 Å². The second-order valence-corrected chi connectivity index (χ2v) is 4.76. The molecule has 0 saturated heterocycles. The minimum atomic E-state index is -0.310. The second kappa shape index (κ2) is 6.93. The first-order valence-electron chi connectivity index (χ1n) is 6.22. The molecule has 4 heteroatoms. The van der Waals surface area contributed by atoms with E-state index in [4.69, 9.17) is 21.6 Å². The van der Waals surface area contributed by atoms with Gasteiger partial charge >= 0.3 is 0 Å². The Balaban J connectivity index is 1.92. The van der Waals surface area contributed by atoms with Gasteiger partial charge in [-0.15, -0.1) is 0 Å². The number of nitrogens with zero attached hydrogens (tertiary/aromatic N) is 1. The van der Waals surface area contributed by atoms with Crippen molar-refractivity contribution in [3.63, 3.8) is 0 Å². The van der Waals surface area contributed by atoms with Gasteiger partial charge in [-0.05, 0) is 35.9 Å². The Morgan fingerprint density at radius 3 is 2.60 bits per heavy atom. The summed E-state index contributed by atoms with van der Waals surface area (Å²) in [7, 11) is 0. The third-order valence-electron chi connectivity index (χ3n) is 2.90. The van der Waals surface area contributed by atoms with Crippen LogP contribution in [0.5, 0.6) is 5.75 Å². The molecule has 2 aromatic carbocycles. The summed E-state index contributed by atoms with van der Waals surface area (Å²) in [6.07, 6.45) is 0.536. The molecule has 20 heavy (non-hydrogen) atoms. The molecule has 102 valence electrons. The monoisotopic (exact) mass is 289 g/mol. The van der Waals surface area contributed by atoms with Crippen molar-refractivity contribution in [1.82, 2.24) is 0 Å². The lowest BCUT2D eigenvalue weighted by Crippen LogP contribution is -2.04. The highest BCUT2D eigenvalue weighted by Crippen LogP contribution is 2.21. The molecular weight excluding hydrogens is 277 g/mol. The number of benzene rings is 2. The fourth-order valence-corrected chi connectivity index (χ4v) is 2.03. The number of nitriles is 1. The lowest BCUT2D eigenvalue weighted by Gasteiger charge is -2.11. The normalized spacial score (nSPS) is 11.7. The van der Waals surface area contributed by atoms with Crippen LogP contribution in [0.2, 0.25) is 5.02 Å². The molecule has 0 saturated carbocycles. The van der Waals surface area contributed by atoms with Gasteiger partial charge in [0, 0.05) is 11.4 Å². The molecule has 2 rings (SSSR count). The molecule has 0 heterocycles. The minimum Gasteiger partial charge on any atom is -0.493 e. The van der Waals surface area contributed by atoms with Crippen molar-refractivity contribution in [2.45, 2.75) is 12.3 Å². The molecule has 0 spiro atoms. The Bertz CT molecular complexity index is 607. The minimum absolute atomic E-state index is 0.305. The number of hydrogen-bond acceptors (Lipinski definition) is 2. The first kappa shape index (κ1) is 14.4. The lowest BCUT2D eigenvalue weighted by molar-refractivity contribution is 0.306. The van der Waals surface area contributed by atoms with Crippen LogP contribution in [0.1, 0.15) is 17.9 Å². The summed E-state index contributed by atoms with van der Waals surface area (Å²) < 4.78 is 18.4. The molecule has 2 aromatic rings. The van der Waals surface area contributed by atoms with Gasteiger partial charge in [0.2, 0.25) is 0 Å². The molecule has 0 bridgehead atoms. The molecule has 1 unspecified atom stereocenters. The molecular formula is C16H13ClFNO. The van der Waals surface area contributed by atoms with Gasteiger partial charge in [-0.2, -0.15) is 5.26 Å². The Kier molecular flexibility index (Phi) is 4.97. The maximum atomic E-state index is 12.8. The molecule has 0 fully saturated rings. The molecule has 2 nitrogen and oxygen atoms in total. The molecule has 0 amide bonds. The van der Waals surface area contributed by atoms with E-state index in [-0.39, 0.29) is 11.7 Å². The van der Waals surface area contributed by atoms with Crippen LogP contribution in [-0.2, 0) is 0 Å². The number of rotatable bonds is 5. The third-order valence-corrected chi connectivity index (χ3v) is 3.13. The van der Waals surface area contributed by atoms with Crippen molar-refractivity contribution in [2.24, 2.45) is 0 Å². The average Bonchev–Trinajstić information content (AvgIpc) is 2.45. The van der Waals surface area contributed by atoms with E-state index < -0.39 is 0 Å². The van der Waals surface area contributed by atoms with E-state index in [1.807, 2.05) is 6.07 Å². The third kappa shape index (κ3) is 3.97. The van der Waals surface area contributed by atoms with E-state index in [1.54, 1.807) is 30.3 Å². The van der Waals surface area contributed by atoms with E-state index in [1.165, 1.54) is 12.1 Å². The molecule has 0 N–H and O–H groups in total. The first-order valence-corrected chi connectivity index (χ1v) is 6.60. The predicted molar refractivity (Wildman–Crippen MR) is 76.3 cm³/mol. The van der Waals surface area contributed by atoms with Crippen molar-refractivity contribution in [3.8, 4) is 11.8 Å². The zero-order chi connectivity index (χ0) is 14.4. The van der Waals surface area contributed by atoms with Crippen molar-refractivity contribution in [2.75, 3.05) is 6.61 Å². The van der Waals surface area contributed by atoms with Gasteiger partial charge in [-0.25, -0.2) is 4.39 Å². The van der Waals surface area contributed by atoms with Crippen LogP contribution in [0, 0.1) is 17.1 Å². The number of ether oxygens (including phenoxy) is 1. The maximum Gasteiger partial charge on any atom is 0.123 e. The van der Waals surface area contributed by atoms with Gasteiger partial charge in [-0.1, -0.05) is 29.8 Å². The van der Waals surface area contributed by atoms with Crippen LogP contribution in [0.15, 0.2) is 48.5 Å². The molecule has 0 radical (unpaired) electrons. The molecule has 0 aliphatic heterocycles. The topological polar surface area (TPSA) is 33.0 Å². The van der Waals surface area contributed by atoms with Crippen molar-refractivity contribution in [1.29, 1.82) is 5.26 Å². The SMILES string of the molecule is N#CC(CCOc1cccc(Cl)c1)c1ccc(F)cc1. The van der Waals surface area contributed by atoms with Crippen LogP contribution in [0.25, 0.3) is 0 Å². The highest BCUT2D eigenvalue weighted by Gasteiger charge is 2.10.